The van der Waals surface area contributed by atoms with E-state index in [-0.39, 0.29) is 6.54 Å². The normalized spacial score (nSPS) is 25.8. The molecule has 16 heavy (non-hydrogen) atoms. The van der Waals surface area contributed by atoms with Gasteiger partial charge in [-0.05, 0) is 0 Å². The van der Waals surface area contributed by atoms with Crippen molar-refractivity contribution in [2.75, 3.05) is 32.6 Å². The summed E-state index contributed by atoms with van der Waals surface area (Å²) in [6.07, 6.45) is 0.582. The summed E-state index contributed by atoms with van der Waals surface area (Å²) in [5, 5.41) is 8.39. The van der Waals surface area contributed by atoms with Gasteiger partial charge in [0, 0.05) is 26.7 Å². The molecule has 0 aliphatic carbocycles. The van der Waals surface area contributed by atoms with Crippen molar-refractivity contribution >= 4 is 16.0 Å². The lowest BCUT2D eigenvalue weighted by Gasteiger charge is -2.25. The fourth-order valence-corrected chi connectivity index (χ4v) is 2.33. The van der Waals surface area contributed by atoms with Gasteiger partial charge in [-0.1, -0.05) is 0 Å². The molecule has 2 N–H and O–H groups in total. The number of hydrogen-bond donors (Lipinski definition) is 2. The van der Waals surface area contributed by atoms with E-state index in [4.69, 9.17) is 14.6 Å². The van der Waals surface area contributed by atoms with E-state index >= 15 is 0 Å². The Hall–Kier alpha value is -0.700. The van der Waals surface area contributed by atoms with Gasteiger partial charge in [0.1, 0.15) is 5.60 Å². The van der Waals surface area contributed by atoms with Crippen molar-refractivity contribution in [3.8, 4) is 0 Å². The zero-order valence-corrected chi connectivity index (χ0v) is 9.75. The molecule has 0 amide bonds. The molecule has 0 aromatic heterocycles. The Morgan fingerprint density at radius 1 is 1.62 bits per heavy atom. The monoisotopic (exact) mass is 253 g/mol. The first-order chi connectivity index (χ1) is 7.39. The zero-order chi connectivity index (χ0) is 12.2. The topological polar surface area (TPSA) is 102 Å². The summed E-state index contributed by atoms with van der Waals surface area (Å²) in [7, 11) is -2.33. The maximum Gasteiger partial charge on any atom is 0.320 e. The van der Waals surface area contributed by atoms with E-state index in [1.807, 2.05) is 0 Å². The van der Waals surface area contributed by atoms with Crippen LogP contribution < -0.4 is 4.72 Å². The van der Waals surface area contributed by atoms with Crippen molar-refractivity contribution in [2.24, 2.45) is 0 Å². The van der Waals surface area contributed by atoms with E-state index in [1.165, 1.54) is 7.11 Å². The largest absolute Gasteiger partial charge is 0.480 e. The van der Waals surface area contributed by atoms with Gasteiger partial charge in [0.05, 0.1) is 6.61 Å². The fraction of sp³-hybridized carbons (Fsp3) is 0.875. The van der Waals surface area contributed by atoms with Gasteiger partial charge < -0.3 is 14.6 Å². The van der Waals surface area contributed by atoms with Crippen LogP contribution in [-0.4, -0.2) is 57.7 Å². The first-order valence-corrected chi connectivity index (χ1v) is 6.36. The summed E-state index contributed by atoms with van der Waals surface area (Å²) in [4.78, 5) is 10.3. The van der Waals surface area contributed by atoms with Gasteiger partial charge in [-0.3, -0.25) is 4.79 Å². The third kappa shape index (κ3) is 3.71. The zero-order valence-electron chi connectivity index (χ0n) is 8.93. The molecule has 1 saturated heterocycles. The number of carboxylic acid groups (broad SMARTS) is 1. The lowest BCUT2D eigenvalue weighted by molar-refractivity contribution is -0.134. The van der Waals surface area contributed by atoms with Crippen LogP contribution in [0, 0.1) is 0 Å². The van der Waals surface area contributed by atoms with Crippen molar-refractivity contribution in [3.63, 3.8) is 0 Å². The summed E-state index contributed by atoms with van der Waals surface area (Å²) in [5.74, 6) is -2.32. The Balaban J connectivity index is 2.52. The highest BCUT2D eigenvalue weighted by Crippen LogP contribution is 2.21. The maximum absolute atomic E-state index is 11.3. The van der Waals surface area contributed by atoms with Gasteiger partial charge in [-0.25, -0.2) is 13.1 Å². The number of carbonyl (C=O) groups is 1. The predicted octanol–water partition coefficient (Wildman–Crippen LogP) is -1.20. The Morgan fingerprint density at radius 3 is 2.75 bits per heavy atom. The Labute approximate surface area is 93.8 Å². The van der Waals surface area contributed by atoms with Crippen molar-refractivity contribution in [2.45, 2.75) is 12.0 Å². The predicted molar refractivity (Wildman–Crippen MR) is 54.6 cm³/mol. The van der Waals surface area contributed by atoms with Crippen molar-refractivity contribution < 1.29 is 27.8 Å². The second-order valence-corrected chi connectivity index (χ2v) is 5.47. The van der Waals surface area contributed by atoms with E-state index in [0.29, 0.717) is 19.6 Å². The lowest BCUT2D eigenvalue weighted by atomic mass is 10.0. The molecule has 0 aromatic carbocycles. The molecule has 0 bridgehead atoms. The SMILES string of the molecule is COC1(CNS(=O)(=O)CC(=O)O)CCOC1. The number of aliphatic carboxylic acids is 1. The van der Waals surface area contributed by atoms with Gasteiger partial charge >= 0.3 is 5.97 Å². The van der Waals surface area contributed by atoms with Crippen LogP contribution in [0.2, 0.25) is 0 Å². The van der Waals surface area contributed by atoms with Gasteiger partial charge in [0.15, 0.2) is 5.75 Å². The summed E-state index contributed by atoms with van der Waals surface area (Å²) >= 11 is 0. The van der Waals surface area contributed by atoms with Crippen LogP contribution in [0.5, 0.6) is 0 Å². The van der Waals surface area contributed by atoms with Crippen LogP contribution >= 0.6 is 0 Å². The highest BCUT2D eigenvalue weighted by atomic mass is 32.2. The molecular weight excluding hydrogens is 238 g/mol. The third-order valence-electron chi connectivity index (χ3n) is 2.43. The first-order valence-electron chi connectivity index (χ1n) is 4.71. The minimum Gasteiger partial charge on any atom is -0.480 e. The van der Waals surface area contributed by atoms with Crippen LogP contribution in [0.3, 0.4) is 0 Å². The second-order valence-electron chi connectivity index (χ2n) is 3.66. The van der Waals surface area contributed by atoms with Crippen LogP contribution in [-0.2, 0) is 24.3 Å². The molecule has 1 aliphatic rings. The number of hydrogen-bond acceptors (Lipinski definition) is 5. The average Bonchev–Trinajstić information content (AvgIpc) is 2.62. The molecule has 1 fully saturated rings. The molecule has 1 aliphatic heterocycles. The number of sulfonamides is 1. The second kappa shape index (κ2) is 5.09. The molecule has 1 atom stereocenters. The maximum atomic E-state index is 11.3. The van der Waals surface area contributed by atoms with E-state index in [9.17, 15) is 13.2 Å². The highest BCUT2D eigenvalue weighted by molar-refractivity contribution is 7.90. The quantitative estimate of drug-likeness (QED) is 0.616. The van der Waals surface area contributed by atoms with E-state index in [2.05, 4.69) is 4.72 Å². The minimum atomic E-state index is -3.80. The van der Waals surface area contributed by atoms with Gasteiger partial charge in [-0.2, -0.15) is 0 Å². The molecule has 1 rings (SSSR count). The van der Waals surface area contributed by atoms with Crippen LogP contribution in [0.15, 0.2) is 0 Å². The van der Waals surface area contributed by atoms with Crippen molar-refractivity contribution in [1.29, 1.82) is 0 Å². The number of carboxylic acids is 1. The summed E-state index contributed by atoms with van der Waals surface area (Å²) in [5.41, 5.74) is -0.675. The Morgan fingerprint density at radius 2 is 2.31 bits per heavy atom. The standard InChI is InChI=1S/C8H15NO6S/c1-14-8(2-3-15-6-8)5-9-16(12,13)4-7(10)11/h9H,2-6H2,1H3,(H,10,11). The molecule has 0 saturated carbocycles. The summed E-state index contributed by atoms with van der Waals surface area (Å²) < 4.78 is 35.1. The number of nitrogens with one attached hydrogen (secondary N) is 1. The summed E-state index contributed by atoms with van der Waals surface area (Å²) in [6.45, 7) is 0.840. The fourth-order valence-electron chi connectivity index (χ4n) is 1.42. The molecule has 94 valence electrons. The van der Waals surface area contributed by atoms with Crippen molar-refractivity contribution in [3.05, 3.63) is 0 Å². The van der Waals surface area contributed by atoms with E-state index < -0.39 is 27.3 Å². The lowest BCUT2D eigenvalue weighted by Crippen LogP contribution is -2.46. The summed E-state index contributed by atoms with van der Waals surface area (Å²) in [6, 6.07) is 0. The van der Waals surface area contributed by atoms with Crippen LogP contribution in [0.1, 0.15) is 6.42 Å². The number of rotatable bonds is 6. The van der Waals surface area contributed by atoms with Gasteiger partial charge in [-0.15, -0.1) is 0 Å². The van der Waals surface area contributed by atoms with Crippen LogP contribution in [0.4, 0.5) is 0 Å². The molecule has 7 nitrogen and oxygen atoms in total. The molecule has 1 unspecified atom stereocenters. The third-order valence-corrected chi connectivity index (χ3v) is 3.64. The Kier molecular flexibility index (Phi) is 4.25. The Bertz CT molecular complexity index is 346. The number of ether oxygens (including phenoxy) is 2. The molecule has 0 radical (unpaired) electrons. The number of methoxy groups -OCH3 is 1. The first kappa shape index (κ1) is 13.4. The van der Waals surface area contributed by atoms with Crippen molar-refractivity contribution in [1.82, 2.24) is 4.72 Å². The highest BCUT2D eigenvalue weighted by Gasteiger charge is 2.36. The van der Waals surface area contributed by atoms with E-state index in [1.54, 1.807) is 0 Å². The van der Waals surface area contributed by atoms with E-state index in [0.717, 1.165) is 0 Å². The molecule has 0 spiro atoms. The smallest absolute Gasteiger partial charge is 0.320 e. The van der Waals surface area contributed by atoms with Crippen LogP contribution in [0.25, 0.3) is 0 Å². The molecular formula is C8H15NO6S. The molecule has 0 aromatic rings. The molecule has 1 heterocycles. The molecule has 8 heteroatoms. The van der Waals surface area contributed by atoms with Gasteiger partial charge in [0.2, 0.25) is 10.0 Å². The van der Waals surface area contributed by atoms with Gasteiger partial charge in [0.25, 0.3) is 0 Å². The average molecular weight is 253 g/mol. The minimum absolute atomic E-state index is 0.0269.